The maximum absolute atomic E-state index is 9.81. The third-order valence-electron chi connectivity index (χ3n) is 1.30. The van der Waals surface area contributed by atoms with E-state index in [4.69, 9.17) is 0 Å². The van der Waals surface area contributed by atoms with Gasteiger partial charge in [0.2, 0.25) is 0 Å². The number of carbonyl (C=O) groups excluding carboxylic acids is 1. The molecule has 1 nitrogen and oxygen atoms in total. The molecule has 0 aliphatic heterocycles. The van der Waals surface area contributed by atoms with E-state index in [1.165, 1.54) is 5.30 Å². The van der Waals surface area contributed by atoms with Crippen LogP contribution in [-0.4, -0.2) is 5.78 Å². The molecule has 0 heterocycles. The molecule has 0 aliphatic rings. The summed E-state index contributed by atoms with van der Waals surface area (Å²) in [7, 11) is 2.63. The predicted octanol–water partition coefficient (Wildman–Crippen LogP) is 2.17. The second kappa shape index (κ2) is 7.00. The summed E-state index contributed by atoms with van der Waals surface area (Å²) in [6, 6.07) is 10.1. The van der Waals surface area contributed by atoms with Gasteiger partial charge in [-0.05, 0) is 12.2 Å². The van der Waals surface area contributed by atoms with Gasteiger partial charge in [0, 0.05) is 6.42 Å². The zero-order chi connectivity index (χ0) is 9.40. The molecule has 0 aliphatic carbocycles. The Morgan fingerprint density at radius 3 is 1.92 bits per heavy atom. The molecule has 0 fully saturated rings. The highest BCUT2D eigenvalue weighted by atomic mass is 31.0. The Kier molecular flexibility index (Phi) is 6.60. The Hall–Kier alpha value is -0.680. The Labute approximate surface area is 76.4 Å². The summed E-state index contributed by atoms with van der Waals surface area (Å²) in [5.41, 5.74) is 0. The van der Waals surface area contributed by atoms with E-state index >= 15 is 0 Å². The number of hydrogen-bond acceptors (Lipinski definition) is 1. The second-order valence-electron chi connectivity index (χ2n) is 2.47. The topological polar surface area (TPSA) is 17.1 Å². The third kappa shape index (κ3) is 7.43. The molecule has 1 aromatic carbocycles. The molecular weight excluding hydrogens is 167 g/mol. The van der Waals surface area contributed by atoms with Gasteiger partial charge in [0.25, 0.3) is 0 Å². The van der Waals surface area contributed by atoms with Crippen LogP contribution in [0.5, 0.6) is 0 Å². The van der Waals surface area contributed by atoms with Gasteiger partial charge >= 0.3 is 0 Å². The van der Waals surface area contributed by atoms with Gasteiger partial charge < -0.3 is 4.79 Å². The first-order valence-corrected chi connectivity index (χ1v) is 4.54. The van der Waals surface area contributed by atoms with E-state index in [-0.39, 0.29) is 5.78 Å². The standard InChI is InChI=1S/C6H7P.C4H8O/c7-6-4-2-1-3-5-6;1-3-4(2)5/h1-5H,7H2;3H2,1-2H3. The van der Waals surface area contributed by atoms with Crippen molar-refractivity contribution >= 4 is 20.3 Å². The number of rotatable bonds is 1. The molecule has 1 aromatic rings. The van der Waals surface area contributed by atoms with Gasteiger partial charge in [-0.25, -0.2) is 0 Å². The van der Waals surface area contributed by atoms with Crippen molar-refractivity contribution in [3.8, 4) is 0 Å². The quantitative estimate of drug-likeness (QED) is 0.608. The SMILES string of the molecule is CCC(C)=O.Pc1ccccc1. The van der Waals surface area contributed by atoms with Crippen molar-refractivity contribution in [3.63, 3.8) is 0 Å². The van der Waals surface area contributed by atoms with E-state index in [1.54, 1.807) is 6.92 Å². The number of benzene rings is 1. The normalized spacial score (nSPS) is 8.25. The van der Waals surface area contributed by atoms with E-state index in [2.05, 4.69) is 9.24 Å². The van der Waals surface area contributed by atoms with Gasteiger partial charge in [-0.15, -0.1) is 9.24 Å². The van der Waals surface area contributed by atoms with Crippen molar-refractivity contribution < 1.29 is 4.79 Å². The first kappa shape index (κ1) is 11.3. The van der Waals surface area contributed by atoms with Crippen molar-refractivity contribution in [1.82, 2.24) is 0 Å². The van der Waals surface area contributed by atoms with Crippen LogP contribution in [0.2, 0.25) is 0 Å². The van der Waals surface area contributed by atoms with E-state index in [0.29, 0.717) is 6.42 Å². The lowest BCUT2D eigenvalue weighted by Gasteiger charge is -1.82. The lowest BCUT2D eigenvalue weighted by molar-refractivity contribution is -0.116. The molecule has 2 heteroatoms. The van der Waals surface area contributed by atoms with Crippen LogP contribution in [0.25, 0.3) is 0 Å². The van der Waals surface area contributed by atoms with Gasteiger partial charge in [-0.3, -0.25) is 0 Å². The summed E-state index contributed by atoms with van der Waals surface area (Å²) in [4.78, 5) is 9.81. The van der Waals surface area contributed by atoms with E-state index in [1.807, 2.05) is 37.3 Å². The Bertz CT molecular complexity index is 219. The van der Waals surface area contributed by atoms with E-state index in [0.717, 1.165) is 0 Å². The molecule has 0 amide bonds. The summed E-state index contributed by atoms with van der Waals surface area (Å²) >= 11 is 0. The van der Waals surface area contributed by atoms with E-state index < -0.39 is 0 Å². The smallest absolute Gasteiger partial charge is 0.129 e. The zero-order valence-corrected chi connectivity index (χ0v) is 8.73. The Morgan fingerprint density at radius 2 is 1.75 bits per heavy atom. The number of ketones is 1. The molecule has 0 radical (unpaired) electrons. The molecule has 0 spiro atoms. The molecule has 0 saturated carbocycles. The summed E-state index contributed by atoms with van der Waals surface area (Å²) in [5.74, 6) is 0.255. The summed E-state index contributed by atoms with van der Waals surface area (Å²) in [6.45, 7) is 3.43. The second-order valence-corrected chi connectivity index (χ2v) is 3.13. The molecule has 0 bridgehead atoms. The fourth-order valence-corrected chi connectivity index (χ4v) is 0.675. The molecule has 0 N–H and O–H groups in total. The van der Waals surface area contributed by atoms with Crippen LogP contribution < -0.4 is 5.30 Å². The van der Waals surface area contributed by atoms with Gasteiger partial charge in [-0.2, -0.15) is 0 Å². The van der Waals surface area contributed by atoms with Crippen LogP contribution in [0.1, 0.15) is 20.3 Å². The average Bonchev–Trinajstić information content (AvgIpc) is 2.07. The summed E-state index contributed by atoms with van der Waals surface area (Å²) < 4.78 is 0. The van der Waals surface area contributed by atoms with Crippen molar-refractivity contribution in [2.45, 2.75) is 20.3 Å². The first-order chi connectivity index (χ1) is 5.66. The van der Waals surface area contributed by atoms with Crippen LogP contribution >= 0.6 is 9.24 Å². The fourth-order valence-electron chi connectivity index (χ4n) is 0.453. The maximum atomic E-state index is 9.81. The Balaban J connectivity index is 0.000000217. The summed E-state index contributed by atoms with van der Waals surface area (Å²) in [6.07, 6.45) is 0.667. The van der Waals surface area contributed by atoms with Crippen molar-refractivity contribution in [3.05, 3.63) is 30.3 Å². The molecule has 1 unspecified atom stereocenters. The highest BCUT2D eigenvalue weighted by Crippen LogP contribution is 1.86. The van der Waals surface area contributed by atoms with Crippen LogP contribution in [-0.2, 0) is 4.79 Å². The minimum atomic E-state index is 0.255. The van der Waals surface area contributed by atoms with Crippen LogP contribution in [0.3, 0.4) is 0 Å². The van der Waals surface area contributed by atoms with Gasteiger partial charge in [0.15, 0.2) is 0 Å². The molecule has 0 saturated heterocycles. The van der Waals surface area contributed by atoms with Gasteiger partial charge in [0.05, 0.1) is 0 Å². The fraction of sp³-hybridized carbons (Fsp3) is 0.300. The van der Waals surface area contributed by atoms with Crippen molar-refractivity contribution in [1.29, 1.82) is 0 Å². The number of Topliss-reactive ketones (excluding diaryl/α,β-unsaturated/α-hetero) is 1. The largest absolute Gasteiger partial charge is 0.300 e. The van der Waals surface area contributed by atoms with E-state index in [9.17, 15) is 4.79 Å². The molecule has 1 atom stereocenters. The average molecular weight is 182 g/mol. The zero-order valence-electron chi connectivity index (χ0n) is 7.58. The van der Waals surface area contributed by atoms with Crippen LogP contribution in [0.4, 0.5) is 0 Å². The number of hydrogen-bond donors (Lipinski definition) is 0. The monoisotopic (exact) mass is 182 g/mol. The third-order valence-corrected chi connectivity index (χ3v) is 1.68. The summed E-state index contributed by atoms with van der Waals surface area (Å²) in [5, 5.41) is 1.24. The number of carbonyl (C=O) groups is 1. The molecule has 1 rings (SSSR count). The highest BCUT2D eigenvalue weighted by Gasteiger charge is 1.76. The molecule has 12 heavy (non-hydrogen) atoms. The van der Waals surface area contributed by atoms with Gasteiger partial charge in [-0.1, -0.05) is 37.3 Å². The van der Waals surface area contributed by atoms with Crippen molar-refractivity contribution in [2.24, 2.45) is 0 Å². The first-order valence-electron chi connectivity index (χ1n) is 3.96. The van der Waals surface area contributed by atoms with Gasteiger partial charge in [0.1, 0.15) is 5.78 Å². The lowest BCUT2D eigenvalue weighted by Crippen LogP contribution is -1.82. The molecular formula is C10H15OP. The van der Waals surface area contributed by atoms with Crippen molar-refractivity contribution in [2.75, 3.05) is 0 Å². The molecule has 66 valence electrons. The minimum absolute atomic E-state index is 0.255. The van der Waals surface area contributed by atoms with Crippen LogP contribution in [0, 0.1) is 0 Å². The molecule has 0 aromatic heterocycles. The lowest BCUT2D eigenvalue weighted by atomic mass is 10.4. The highest BCUT2D eigenvalue weighted by molar-refractivity contribution is 7.27. The maximum Gasteiger partial charge on any atom is 0.129 e. The predicted molar refractivity (Wildman–Crippen MR) is 56.8 cm³/mol. The Morgan fingerprint density at radius 1 is 1.33 bits per heavy atom. The minimum Gasteiger partial charge on any atom is -0.300 e. The van der Waals surface area contributed by atoms with Crippen LogP contribution in [0.15, 0.2) is 30.3 Å².